The molecule has 3 heteroatoms. The van der Waals surface area contributed by atoms with Gasteiger partial charge in [-0.2, -0.15) is 0 Å². The molecule has 0 fully saturated rings. The third kappa shape index (κ3) is 3.30. The number of hydrogen-bond donors (Lipinski definition) is 0. The molecule has 1 aromatic heterocycles. The van der Waals surface area contributed by atoms with Crippen LogP contribution in [0, 0.1) is 0 Å². The highest BCUT2D eigenvalue weighted by Gasteiger charge is 1.99. The highest BCUT2D eigenvalue weighted by atomic mass is 79.9. The van der Waals surface area contributed by atoms with Crippen LogP contribution in [0.5, 0.6) is 5.75 Å². The summed E-state index contributed by atoms with van der Waals surface area (Å²) >= 11 is 3.41. The van der Waals surface area contributed by atoms with E-state index in [1.807, 2.05) is 18.3 Å². The van der Waals surface area contributed by atoms with E-state index in [1.165, 1.54) is 11.1 Å². The first kappa shape index (κ1) is 12.1. The molecule has 0 unspecified atom stereocenters. The van der Waals surface area contributed by atoms with Gasteiger partial charge < -0.3 is 4.74 Å². The van der Waals surface area contributed by atoms with Crippen LogP contribution in [0.4, 0.5) is 0 Å². The fourth-order valence-corrected chi connectivity index (χ4v) is 1.92. The van der Waals surface area contributed by atoms with E-state index >= 15 is 0 Å². The zero-order valence-corrected chi connectivity index (χ0v) is 11.3. The molecule has 0 spiro atoms. The number of alkyl halides is 1. The van der Waals surface area contributed by atoms with E-state index in [4.69, 9.17) is 4.74 Å². The van der Waals surface area contributed by atoms with Crippen LogP contribution in [0.3, 0.4) is 0 Å². The first-order valence-electron chi connectivity index (χ1n) is 5.44. The summed E-state index contributed by atoms with van der Waals surface area (Å²) < 4.78 is 5.13. The molecular formula is C14H14BrNO. The van der Waals surface area contributed by atoms with E-state index < -0.39 is 0 Å². The Labute approximate surface area is 110 Å². The molecule has 0 atom stereocenters. The second kappa shape index (κ2) is 5.82. The molecule has 17 heavy (non-hydrogen) atoms. The Balaban J connectivity index is 2.08. The van der Waals surface area contributed by atoms with Gasteiger partial charge in [-0.3, -0.25) is 4.98 Å². The van der Waals surface area contributed by atoms with Gasteiger partial charge in [0.25, 0.3) is 0 Å². The molecule has 1 aromatic carbocycles. The maximum atomic E-state index is 5.13. The van der Waals surface area contributed by atoms with Gasteiger partial charge >= 0.3 is 0 Å². The molecule has 0 aliphatic carbocycles. The zero-order valence-electron chi connectivity index (χ0n) is 9.69. The lowest BCUT2D eigenvalue weighted by atomic mass is 10.1. The fourth-order valence-electron chi connectivity index (χ4n) is 1.59. The second-order valence-electron chi connectivity index (χ2n) is 3.82. The van der Waals surface area contributed by atoms with Gasteiger partial charge in [-0.05, 0) is 29.3 Å². The maximum absolute atomic E-state index is 5.13. The fraction of sp³-hybridized carbons (Fsp3) is 0.214. The second-order valence-corrected chi connectivity index (χ2v) is 4.38. The van der Waals surface area contributed by atoms with E-state index in [-0.39, 0.29) is 0 Å². The molecule has 2 aromatic rings. The van der Waals surface area contributed by atoms with Crippen molar-refractivity contribution in [3.05, 3.63) is 59.4 Å². The molecule has 0 N–H and O–H groups in total. The number of nitrogens with zero attached hydrogens (tertiary/aromatic N) is 1. The lowest BCUT2D eigenvalue weighted by molar-refractivity contribution is 0.414. The first-order valence-corrected chi connectivity index (χ1v) is 6.56. The maximum Gasteiger partial charge on any atom is 0.118 e. The monoisotopic (exact) mass is 291 g/mol. The SMILES string of the molecule is COc1ccc(Cc2ccc(CBr)cn2)cc1. The summed E-state index contributed by atoms with van der Waals surface area (Å²) in [4.78, 5) is 4.43. The molecule has 88 valence electrons. The Bertz CT molecular complexity index is 419. The van der Waals surface area contributed by atoms with Crippen LogP contribution in [0.2, 0.25) is 0 Å². The molecule has 0 amide bonds. The Morgan fingerprint density at radius 2 is 1.76 bits per heavy atom. The van der Waals surface area contributed by atoms with Crippen molar-refractivity contribution >= 4 is 15.9 Å². The van der Waals surface area contributed by atoms with Crippen molar-refractivity contribution in [1.82, 2.24) is 4.98 Å². The van der Waals surface area contributed by atoms with Gasteiger partial charge in [0.15, 0.2) is 0 Å². The number of methoxy groups -OCH3 is 1. The summed E-state index contributed by atoms with van der Waals surface area (Å²) in [7, 11) is 1.68. The van der Waals surface area contributed by atoms with Crippen molar-refractivity contribution in [2.75, 3.05) is 7.11 Å². The molecule has 0 aliphatic heterocycles. The Hall–Kier alpha value is -1.35. The molecule has 2 rings (SSSR count). The number of halogens is 1. The molecule has 0 aliphatic rings. The number of ether oxygens (including phenoxy) is 1. The molecule has 1 heterocycles. The summed E-state index contributed by atoms with van der Waals surface area (Å²) in [6.07, 6.45) is 2.76. The lowest BCUT2D eigenvalue weighted by Gasteiger charge is -2.04. The van der Waals surface area contributed by atoms with E-state index in [2.05, 4.69) is 45.2 Å². The number of rotatable bonds is 4. The Morgan fingerprint density at radius 1 is 1.06 bits per heavy atom. The van der Waals surface area contributed by atoms with Gasteiger partial charge in [0, 0.05) is 23.6 Å². The largest absolute Gasteiger partial charge is 0.497 e. The minimum absolute atomic E-state index is 0.850. The minimum atomic E-state index is 0.850. The smallest absolute Gasteiger partial charge is 0.118 e. The first-order chi connectivity index (χ1) is 8.31. The van der Waals surface area contributed by atoms with Crippen molar-refractivity contribution < 1.29 is 4.74 Å². The molecule has 0 saturated heterocycles. The van der Waals surface area contributed by atoms with Crippen LogP contribution in [-0.4, -0.2) is 12.1 Å². The van der Waals surface area contributed by atoms with Gasteiger partial charge in [-0.25, -0.2) is 0 Å². The number of hydrogen-bond acceptors (Lipinski definition) is 2. The van der Waals surface area contributed by atoms with E-state index in [0.29, 0.717) is 0 Å². The normalized spacial score (nSPS) is 10.2. The molecular weight excluding hydrogens is 278 g/mol. The number of aromatic nitrogens is 1. The Morgan fingerprint density at radius 3 is 2.29 bits per heavy atom. The quantitative estimate of drug-likeness (QED) is 0.804. The van der Waals surface area contributed by atoms with Crippen LogP contribution in [0.15, 0.2) is 42.6 Å². The average molecular weight is 292 g/mol. The molecule has 2 nitrogen and oxygen atoms in total. The predicted octanol–water partition coefficient (Wildman–Crippen LogP) is 3.58. The molecule has 0 saturated carbocycles. The number of pyridine rings is 1. The van der Waals surface area contributed by atoms with Crippen molar-refractivity contribution in [1.29, 1.82) is 0 Å². The average Bonchev–Trinajstić information content (AvgIpc) is 2.40. The standard InChI is InChI=1S/C14H14BrNO/c1-17-14-6-3-11(4-7-14)8-13-5-2-12(9-15)10-16-13/h2-7,10H,8-9H2,1H3. The van der Waals surface area contributed by atoms with Crippen LogP contribution in [-0.2, 0) is 11.8 Å². The highest BCUT2D eigenvalue weighted by molar-refractivity contribution is 9.08. The van der Waals surface area contributed by atoms with E-state index in [1.54, 1.807) is 7.11 Å². The van der Waals surface area contributed by atoms with Crippen molar-refractivity contribution in [2.24, 2.45) is 0 Å². The van der Waals surface area contributed by atoms with Gasteiger partial charge in [0.1, 0.15) is 5.75 Å². The van der Waals surface area contributed by atoms with Gasteiger partial charge in [0.05, 0.1) is 7.11 Å². The summed E-state index contributed by atoms with van der Waals surface area (Å²) in [5.41, 5.74) is 3.52. The molecule has 0 radical (unpaired) electrons. The lowest BCUT2D eigenvalue weighted by Crippen LogP contribution is -1.93. The molecule has 0 bridgehead atoms. The van der Waals surface area contributed by atoms with Crippen molar-refractivity contribution in [3.8, 4) is 5.75 Å². The minimum Gasteiger partial charge on any atom is -0.497 e. The summed E-state index contributed by atoms with van der Waals surface area (Å²) in [5, 5.41) is 0.850. The third-order valence-electron chi connectivity index (χ3n) is 2.58. The van der Waals surface area contributed by atoms with Gasteiger partial charge in [-0.15, -0.1) is 0 Å². The number of benzene rings is 1. The van der Waals surface area contributed by atoms with Crippen LogP contribution >= 0.6 is 15.9 Å². The third-order valence-corrected chi connectivity index (χ3v) is 3.23. The highest BCUT2D eigenvalue weighted by Crippen LogP contribution is 2.14. The van der Waals surface area contributed by atoms with E-state index in [9.17, 15) is 0 Å². The Kier molecular flexibility index (Phi) is 4.15. The summed E-state index contributed by atoms with van der Waals surface area (Å²) in [5.74, 6) is 0.886. The summed E-state index contributed by atoms with van der Waals surface area (Å²) in [6.45, 7) is 0. The summed E-state index contributed by atoms with van der Waals surface area (Å²) in [6, 6.07) is 12.3. The van der Waals surface area contributed by atoms with Crippen LogP contribution in [0.25, 0.3) is 0 Å². The van der Waals surface area contributed by atoms with Crippen LogP contribution < -0.4 is 4.74 Å². The topological polar surface area (TPSA) is 22.1 Å². The van der Waals surface area contributed by atoms with E-state index in [0.717, 1.165) is 23.2 Å². The van der Waals surface area contributed by atoms with Crippen molar-refractivity contribution in [2.45, 2.75) is 11.8 Å². The predicted molar refractivity (Wildman–Crippen MR) is 72.7 cm³/mol. The zero-order chi connectivity index (χ0) is 12.1. The van der Waals surface area contributed by atoms with Gasteiger partial charge in [0.2, 0.25) is 0 Å². The van der Waals surface area contributed by atoms with Crippen molar-refractivity contribution in [3.63, 3.8) is 0 Å². The van der Waals surface area contributed by atoms with Gasteiger partial charge in [-0.1, -0.05) is 34.1 Å². The van der Waals surface area contributed by atoms with Crippen LogP contribution in [0.1, 0.15) is 16.8 Å².